The van der Waals surface area contributed by atoms with Gasteiger partial charge in [-0.1, -0.05) is 13.3 Å². The zero-order valence-electron chi connectivity index (χ0n) is 11.7. The smallest absolute Gasteiger partial charge is 0.220 e. The van der Waals surface area contributed by atoms with Crippen LogP contribution in [-0.4, -0.2) is 43.5 Å². The van der Waals surface area contributed by atoms with Gasteiger partial charge in [0.2, 0.25) is 5.91 Å². The van der Waals surface area contributed by atoms with E-state index in [2.05, 4.69) is 24.2 Å². The van der Waals surface area contributed by atoms with Gasteiger partial charge in [-0.25, -0.2) is 0 Å². The van der Waals surface area contributed by atoms with Crippen LogP contribution < -0.4 is 11.1 Å². The SMILES string of the molecule is CC1CN(C)CCC1NC(=O)CC1(CN)CCC1. The molecule has 1 aliphatic carbocycles. The maximum atomic E-state index is 12.1. The quantitative estimate of drug-likeness (QED) is 0.784. The number of piperidine rings is 1. The molecule has 4 nitrogen and oxygen atoms in total. The van der Waals surface area contributed by atoms with E-state index < -0.39 is 0 Å². The number of nitrogens with zero attached hydrogens (tertiary/aromatic N) is 1. The van der Waals surface area contributed by atoms with Crippen molar-refractivity contribution < 1.29 is 4.79 Å². The van der Waals surface area contributed by atoms with Crippen molar-refractivity contribution in [3.05, 3.63) is 0 Å². The minimum absolute atomic E-state index is 0.124. The summed E-state index contributed by atoms with van der Waals surface area (Å²) < 4.78 is 0. The van der Waals surface area contributed by atoms with Crippen LogP contribution in [-0.2, 0) is 4.79 Å². The second kappa shape index (κ2) is 5.57. The van der Waals surface area contributed by atoms with Crippen molar-refractivity contribution in [2.45, 2.75) is 45.1 Å². The first kappa shape index (κ1) is 13.8. The molecule has 0 spiro atoms. The largest absolute Gasteiger partial charge is 0.353 e. The third kappa shape index (κ3) is 3.04. The van der Waals surface area contributed by atoms with Crippen LogP contribution in [0.25, 0.3) is 0 Å². The summed E-state index contributed by atoms with van der Waals surface area (Å²) in [6, 6.07) is 0.351. The number of nitrogens with two attached hydrogens (primary N) is 1. The first-order chi connectivity index (χ1) is 8.54. The van der Waals surface area contributed by atoms with Crippen LogP contribution in [0.2, 0.25) is 0 Å². The molecule has 2 atom stereocenters. The Morgan fingerprint density at radius 3 is 2.72 bits per heavy atom. The summed E-state index contributed by atoms with van der Waals surface area (Å²) in [7, 11) is 2.15. The van der Waals surface area contributed by atoms with E-state index in [-0.39, 0.29) is 11.3 Å². The highest BCUT2D eigenvalue weighted by Gasteiger charge is 2.38. The number of hydrogen-bond acceptors (Lipinski definition) is 3. The number of nitrogens with one attached hydrogen (secondary N) is 1. The summed E-state index contributed by atoms with van der Waals surface area (Å²) in [6.07, 6.45) is 5.18. The lowest BCUT2D eigenvalue weighted by molar-refractivity contribution is -0.126. The standard InChI is InChI=1S/C14H27N3O/c1-11-9-17(2)7-4-12(11)16-13(18)8-14(10-15)5-3-6-14/h11-12H,3-10,15H2,1-2H3,(H,16,18). The molecule has 104 valence electrons. The van der Waals surface area contributed by atoms with Crippen LogP contribution in [0.3, 0.4) is 0 Å². The molecule has 3 N–H and O–H groups in total. The fourth-order valence-corrected chi connectivity index (χ4v) is 3.30. The molecule has 1 saturated heterocycles. The summed E-state index contributed by atoms with van der Waals surface area (Å²) in [5.41, 5.74) is 5.93. The Morgan fingerprint density at radius 2 is 2.22 bits per heavy atom. The van der Waals surface area contributed by atoms with Crippen molar-refractivity contribution in [3.8, 4) is 0 Å². The molecule has 4 heteroatoms. The third-order valence-corrected chi connectivity index (χ3v) is 4.84. The van der Waals surface area contributed by atoms with E-state index >= 15 is 0 Å². The van der Waals surface area contributed by atoms with Gasteiger partial charge in [0.05, 0.1) is 0 Å². The third-order valence-electron chi connectivity index (χ3n) is 4.84. The highest BCUT2D eigenvalue weighted by atomic mass is 16.1. The van der Waals surface area contributed by atoms with Crippen molar-refractivity contribution in [1.29, 1.82) is 0 Å². The molecular weight excluding hydrogens is 226 g/mol. The molecule has 1 saturated carbocycles. The minimum atomic E-state index is 0.124. The number of carbonyl (C=O) groups excluding carboxylic acids is 1. The van der Waals surface area contributed by atoms with Gasteiger partial charge in [-0.15, -0.1) is 0 Å². The van der Waals surface area contributed by atoms with Gasteiger partial charge in [0.25, 0.3) is 0 Å². The lowest BCUT2D eigenvalue weighted by atomic mass is 9.66. The van der Waals surface area contributed by atoms with Crippen molar-refractivity contribution in [1.82, 2.24) is 10.2 Å². The number of rotatable bonds is 4. The average Bonchev–Trinajstić information content (AvgIpc) is 2.27. The Kier molecular flexibility index (Phi) is 4.28. The van der Waals surface area contributed by atoms with Gasteiger partial charge >= 0.3 is 0 Å². The molecule has 0 bridgehead atoms. The zero-order chi connectivity index (χ0) is 13.2. The average molecular weight is 253 g/mol. The molecule has 2 fully saturated rings. The van der Waals surface area contributed by atoms with E-state index in [1.165, 1.54) is 6.42 Å². The van der Waals surface area contributed by atoms with Crippen molar-refractivity contribution in [3.63, 3.8) is 0 Å². The van der Waals surface area contributed by atoms with Crippen LogP contribution in [0.1, 0.15) is 39.0 Å². The summed E-state index contributed by atoms with van der Waals surface area (Å²) >= 11 is 0. The summed E-state index contributed by atoms with van der Waals surface area (Å²) in [5, 5.41) is 3.23. The maximum absolute atomic E-state index is 12.1. The molecule has 0 aromatic carbocycles. The molecular formula is C14H27N3O. The maximum Gasteiger partial charge on any atom is 0.220 e. The van der Waals surface area contributed by atoms with Gasteiger partial charge in [-0.05, 0) is 50.7 Å². The topological polar surface area (TPSA) is 58.4 Å². The van der Waals surface area contributed by atoms with E-state index in [0.717, 1.165) is 32.4 Å². The molecule has 0 aromatic heterocycles. The summed E-state index contributed by atoms with van der Waals surface area (Å²) in [5.74, 6) is 0.754. The van der Waals surface area contributed by atoms with Crippen molar-refractivity contribution in [2.75, 3.05) is 26.7 Å². The van der Waals surface area contributed by atoms with E-state index in [0.29, 0.717) is 24.9 Å². The lowest BCUT2D eigenvalue weighted by Gasteiger charge is -2.41. The Labute approximate surface area is 110 Å². The summed E-state index contributed by atoms with van der Waals surface area (Å²) in [6.45, 7) is 5.04. The van der Waals surface area contributed by atoms with Crippen LogP contribution >= 0.6 is 0 Å². The molecule has 2 rings (SSSR count). The fraction of sp³-hybridized carbons (Fsp3) is 0.929. The van der Waals surface area contributed by atoms with Crippen LogP contribution in [0.5, 0.6) is 0 Å². The molecule has 18 heavy (non-hydrogen) atoms. The van der Waals surface area contributed by atoms with Gasteiger partial charge in [0, 0.05) is 19.0 Å². The Morgan fingerprint density at radius 1 is 1.50 bits per heavy atom. The second-order valence-corrected chi connectivity index (χ2v) is 6.44. The first-order valence-electron chi connectivity index (χ1n) is 7.23. The Bertz CT molecular complexity index is 296. The monoisotopic (exact) mass is 253 g/mol. The van der Waals surface area contributed by atoms with Gasteiger partial charge in [-0.3, -0.25) is 4.79 Å². The molecule has 2 unspecified atom stereocenters. The molecule has 1 aliphatic heterocycles. The normalized spacial score (nSPS) is 31.7. The predicted molar refractivity (Wildman–Crippen MR) is 73.2 cm³/mol. The van der Waals surface area contributed by atoms with Gasteiger partial charge in [0.1, 0.15) is 0 Å². The number of likely N-dealkylation sites (tertiary alicyclic amines) is 1. The molecule has 2 aliphatic rings. The highest BCUT2D eigenvalue weighted by Crippen LogP contribution is 2.42. The molecule has 0 aromatic rings. The Balaban J connectivity index is 1.80. The van der Waals surface area contributed by atoms with Gasteiger partial charge in [0.15, 0.2) is 0 Å². The fourth-order valence-electron chi connectivity index (χ4n) is 3.30. The second-order valence-electron chi connectivity index (χ2n) is 6.44. The van der Waals surface area contributed by atoms with E-state index in [4.69, 9.17) is 5.73 Å². The van der Waals surface area contributed by atoms with E-state index in [9.17, 15) is 4.79 Å². The van der Waals surface area contributed by atoms with Crippen LogP contribution in [0.15, 0.2) is 0 Å². The predicted octanol–water partition coefficient (Wildman–Crippen LogP) is 0.962. The van der Waals surface area contributed by atoms with E-state index in [1.54, 1.807) is 0 Å². The molecule has 0 radical (unpaired) electrons. The van der Waals surface area contributed by atoms with Crippen LogP contribution in [0.4, 0.5) is 0 Å². The Hall–Kier alpha value is -0.610. The first-order valence-corrected chi connectivity index (χ1v) is 7.23. The molecule has 1 heterocycles. The number of carbonyl (C=O) groups is 1. The number of hydrogen-bond donors (Lipinski definition) is 2. The number of amides is 1. The minimum Gasteiger partial charge on any atom is -0.353 e. The van der Waals surface area contributed by atoms with Crippen molar-refractivity contribution >= 4 is 5.91 Å². The highest BCUT2D eigenvalue weighted by molar-refractivity contribution is 5.77. The molecule has 1 amide bonds. The van der Waals surface area contributed by atoms with Gasteiger partial charge < -0.3 is 16.0 Å². The van der Waals surface area contributed by atoms with E-state index in [1.807, 2.05) is 0 Å². The van der Waals surface area contributed by atoms with Gasteiger partial charge in [-0.2, -0.15) is 0 Å². The summed E-state index contributed by atoms with van der Waals surface area (Å²) in [4.78, 5) is 14.5. The lowest BCUT2D eigenvalue weighted by Crippen LogP contribution is -2.50. The van der Waals surface area contributed by atoms with Crippen molar-refractivity contribution in [2.24, 2.45) is 17.1 Å². The van der Waals surface area contributed by atoms with Crippen LogP contribution in [0, 0.1) is 11.3 Å². The zero-order valence-corrected chi connectivity index (χ0v) is 11.7.